The fraction of sp³-hybridized carbons (Fsp3) is 0.222. The summed E-state index contributed by atoms with van der Waals surface area (Å²) < 4.78 is 10.2. The van der Waals surface area contributed by atoms with Gasteiger partial charge in [-0.25, -0.2) is 0 Å². The second-order valence-corrected chi connectivity index (χ2v) is 5.99. The molecular formula is C18H17Cl2NO4. The molecule has 0 atom stereocenters. The summed E-state index contributed by atoms with van der Waals surface area (Å²) in [7, 11) is 1.57. The number of amides is 1. The highest BCUT2D eigenvalue weighted by molar-refractivity contribution is 6.35. The zero-order chi connectivity index (χ0) is 18.2. The molecule has 1 N–H and O–H groups in total. The van der Waals surface area contributed by atoms with Crippen molar-refractivity contribution >= 4 is 40.8 Å². The van der Waals surface area contributed by atoms with Crippen molar-refractivity contribution in [2.24, 2.45) is 0 Å². The summed E-state index contributed by atoms with van der Waals surface area (Å²) in [5, 5.41) is 3.33. The lowest BCUT2D eigenvalue weighted by molar-refractivity contribution is -0.147. The molecule has 0 unspecified atom stereocenters. The van der Waals surface area contributed by atoms with Gasteiger partial charge in [-0.2, -0.15) is 0 Å². The van der Waals surface area contributed by atoms with E-state index in [4.69, 9.17) is 32.7 Å². The Hall–Kier alpha value is -2.24. The van der Waals surface area contributed by atoms with Gasteiger partial charge in [0, 0.05) is 11.4 Å². The first-order valence-electron chi connectivity index (χ1n) is 7.52. The van der Waals surface area contributed by atoms with Gasteiger partial charge in [-0.05, 0) is 36.2 Å². The molecule has 1 amide bonds. The van der Waals surface area contributed by atoms with Crippen LogP contribution in [-0.4, -0.2) is 25.6 Å². The van der Waals surface area contributed by atoms with Crippen LogP contribution in [0.1, 0.15) is 12.0 Å². The quantitative estimate of drug-likeness (QED) is 0.732. The van der Waals surface area contributed by atoms with Gasteiger partial charge in [-0.15, -0.1) is 0 Å². The molecule has 0 aliphatic rings. The van der Waals surface area contributed by atoms with Crippen LogP contribution in [0.4, 0.5) is 5.69 Å². The number of carbonyl (C=O) groups is 2. The highest BCUT2D eigenvalue weighted by atomic mass is 35.5. The highest BCUT2D eigenvalue weighted by Crippen LogP contribution is 2.25. The molecule has 25 heavy (non-hydrogen) atoms. The summed E-state index contributed by atoms with van der Waals surface area (Å²) in [6.45, 7) is -0.395. The van der Waals surface area contributed by atoms with E-state index in [2.05, 4.69) is 5.32 Å². The molecule has 0 aliphatic heterocycles. The number of nitrogens with one attached hydrogen (secondary N) is 1. The normalized spacial score (nSPS) is 10.2. The molecular weight excluding hydrogens is 365 g/mol. The average molecular weight is 382 g/mol. The van der Waals surface area contributed by atoms with Crippen LogP contribution in [-0.2, 0) is 20.7 Å². The van der Waals surface area contributed by atoms with Crippen LogP contribution in [0.5, 0.6) is 5.75 Å². The Bertz CT molecular complexity index is 764. The van der Waals surface area contributed by atoms with Crippen molar-refractivity contribution in [1.82, 2.24) is 0 Å². The lowest BCUT2D eigenvalue weighted by atomic mass is 10.1. The summed E-state index contributed by atoms with van der Waals surface area (Å²) in [6.07, 6.45) is 0.607. The minimum absolute atomic E-state index is 0.144. The molecule has 0 saturated carbocycles. The van der Waals surface area contributed by atoms with E-state index in [0.29, 0.717) is 27.9 Å². The number of benzene rings is 2. The summed E-state index contributed by atoms with van der Waals surface area (Å²) in [4.78, 5) is 23.6. The van der Waals surface area contributed by atoms with Crippen molar-refractivity contribution in [3.63, 3.8) is 0 Å². The number of aryl methyl sites for hydroxylation is 1. The third kappa shape index (κ3) is 5.96. The number of esters is 1. The molecule has 2 aromatic carbocycles. The molecule has 7 heteroatoms. The van der Waals surface area contributed by atoms with Gasteiger partial charge in [0.05, 0.1) is 17.8 Å². The molecule has 0 spiro atoms. The number of hydrogen-bond donors (Lipinski definition) is 1. The lowest BCUT2D eigenvalue weighted by Crippen LogP contribution is -2.21. The molecule has 0 fully saturated rings. The van der Waals surface area contributed by atoms with Gasteiger partial charge >= 0.3 is 5.97 Å². The fourth-order valence-corrected chi connectivity index (χ4v) is 2.48. The number of hydrogen-bond acceptors (Lipinski definition) is 4. The van der Waals surface area contributed by atoms with Crippen LogP contribution >= 0.6 is 23.2 Å². The third-order valence-corrected chi connectivity index (χ3v) is 3.92. The summed E-state index contributed by atoms with van der Waals surface area (Å²) in [5.41, 5.74) is 1.27. The van der Waals surface area contributed by atoms with Gasteiger partial charge in [0.2, 0.25) is 0 Å². The Balaban J connectivity index is 1.79. The van der Waals surface area contributed by atoms with E-state index in [1.165, 1.54) is 6.07 Å². The standard InChI is InChI=1S/C18H17Cl2NO4/c1-24-16-5-3-2-4-12(16)6-9-18(23)25-11-17(22)21-15-10-13(19)7-8-14(15)20/h2-5,7-8,10H,6,9,11H2,1H3,(H,21,22). The van der Waals surface area contributed by atoms with E-state index >= 15 is 0 Å². The van der Waals surface area contributed by atoms with Crippen molar-refractivity contribution in [3.05, 3.63) is 58.1 Å². The average Bonchev–Trinajstić information content (AvgIpc) is 2.61. The van der Waals surface area contributed by atoms with E-state index in [1.54, 1.807) is 19.2 Å². The number of halogens is 2. The van der Waals surface area contributed by atoms with Gasteiger partial charge in [-0.1, -0.05) is 41.4 Å². The van der Waals surface area contributed by atoms with Gasteiger partial charge in [-0.3, -0.25) is 9.59 Å². The predicted molar refractivity (Wildman–Crippen MR) is 97.4 cm³/mol. The molecule has 5 nitrogen and oxygen atoms in total. The molecule has 0 heterocycles. The lowest BCUT2D eigenvalue weighted by Gasteiger charge is -2.09. The van der Waals surface area contributed by atoms with Crippen LogP contribution in [0, 0.1) is 0 Å². The van der Waals surface area contributed by atoms with Crippen molar-refractivity contribution in [1.29, 1.82) is 0 Å². The first kappa shape index (κ1) is 19.1. The molecule has 132 valence electrons. The zero-order valence-corrected chi connectivity index (χ0v) is 15.1. The number of methoxy groups -OCH3 is 1. The second kappa shape index (κ2) is 9.30. The fourth-order valence-electron chi connectivity index (χ4n) is 2.14. The van der Waals surface area contributed by atoms with Gasteiger partial charge < -0.3 is 14.8 Å². The number of para-hydroxylation sites is 1. The summed E-state index contributed by atoms with van der Waals surface area (Å²) >= 11 is 11.8. The highest BCUT2D eigenvalue weighted by Gasteiger charge is 2.11. The molecule has 2 rings (SSSR count). The van der Waals surface area contributed by atoms with Crippen molar-refractivity contribution in [3.8, 4) is 5.75 Å². The van der Waals surface area contributed by atoms with E-state index in [1.807, 2.05) is 24.3 Å². The monoisotopic (exact) mass is 381 g/mol. The molecule has 0 radical (unpaired) electrons. The Morgan fingerprint density at radius 1 is 1.12 bits per heavy atom. The van der Waals surface area contributed by atoms with Crippen LogP contribution in [0.2, 0.25) is 10.0 Å². The maximum absolute atomic E-state index is 11.8. The molecule has 2 aromatic rings. The smallest absolute Gasteiger partial charge is 0.306 e. The predicted octanol–water partition coefficient (Wildman–Crippen LogP) is 4.12. The van der Waals surface area contributed by atoms with Gasteiger partial charge in [0.1, 0.15) is 5.75 Å². The van der Waals surface area contributed by atoms with Gasteiger partial charge in [0.15, 0.2) is 6.61 Å². The molecule has 0 saturated heterocycles. The van der Waals surface area contributed by atoms with Crippen LogP contribution in [0.3, 0.4) is 0 Å². The van der Waals surface area contributed by atoms with E-state index in [0.717, 1.165) is 5.56 Å². The third-order valence-electron chi connectivity index (χ3n) is 3.36. The molecule has 0 bridgehead atoms. The zero-order valence-electron chi connectivity index (χ0n) is 13.6. The van der Waals surface area contributed by atoms with Crippen molar-refractivity contribution < 1.29 is 19.1 Å². The van der Waals surface area contributed by atoms with Crippen LogP contribution < -0.4 is 10.1 Å². The van der Waals surface area contributed by atoms with Gasteiger partial charge in [0.25, 0.3) is 5.91 Å². The number of anilines is 1. The van der Waals surface area contributed by atoms with E-state index in [-0.39, 0.29) is 6.42 Å². The maximum atomic E-state index is 11.8. The molecule has 0 aromatic heterocycles. The van der Waals surface area contributed by atoms with Crippen LogP contribution in [0.25, 0.3) is 0 Å². The summed E-state index contributed by atoms with van der Waals surface area (Å²) in [5.74, 6) is -0.253. The Labute approximate surface area is 155 Å². The Kier molecular flexibility index (Phi) is 7.10. The number of rotatable bonds is 7. The minimum atomic E-state index is -0.491. The second-order valence-electron chi connectivity index (χ2n) is 5.14. The van der Waals surface area contributed by atoms with E-state index < -0.39 is 18.5 Å². The summed E-state index contributed by atoms with van der Waals surface area (Å²) in [6, 6.07) is 12.1. The Morgan fingerprint density at radius 3 is 2.64 bits per heavy atom. The van der Waals surface area contributed by atoms with E-state index in [9.17, 15) is 9.59 Å². The Morgan fingerprint density at radius 2 is 1.88 bits per heavy atom. The SMILES string of the molecule is COc1ccccc1CCC(=O)OCC(=O)Nc1cc(Cl)ccc1Cl. The molecule has 0 aliphatic carbocycles. The van der Waals surface area contributed by atoms with Crippen LogP contribution in [0.15, 0.2) is 42.5 Å². The van der Waals surface area contributed by atoms with Crippen molar-refractivity contribution in [2.75, 3.05) is 19.0 Å². The number of ether oxygens (including phenoxy) is 2. The first-order valence-corrected chi connectivity index (χ1v) is 8.27. The van der Waals surface area contributed by atoms with Crippen molar-refractivity contribution in [2.45, 2.75) is 12.8 Å². The largest absolute Gasteiger partial charge is 0.496 e. The topological polar surface area (TPSA) is 64.6 Å². The number of carbonyl (C=O) groups excluding carboxylic acids is 2. The minimum Gasteiger partial charge on any atom is -0.496 e. The maximum Gasteiger partial charge on any atom is 0.306 e. The first-order chi connectivity index (χ1) is 12.0.